The summed E-state index contributed by atoms with van der Waals surface area (Å²) in [4.78, 5) is 18.2. The monoisotopic (exact) mass is 340 g/mol. The lowest BCUT2D eigenvalue weighted by Gasteiger charge is -2.07. The zero-order valence-electron chi connectivity index (χ0n) is 11.6. The van der Waals surface area contributed by atoms with Crippen molar-refractivity contribution in [3.8, 4) is 11.4 Å². The summed E-state index contributed by atoms with van der Waals surface area (Å²) in [5, 5.41) is 0. The van der Waals surface area contributed by atoms with E-state index >= 15 is 0 Å². The smallest absolute Gasteiger partial charge is 0.343 e. The lowest BCUT2D eigenvalue weighted by atomic mass is 10.2. The number of halogens is 4. The fourth-order valence-electron chi connectivity index (χ4n) is 2.38. The number of fused-ring (bicyclic) bond motifs is 1. The maximum absolute atomic E-state index is 13.5. The van der Waals surface area contributed by atoms with Crippen LogP contribution in [0.3, 0.4) is 0 Å². The molecule has 24 heavy (non-hydrogen) atoms. The number of H-pyrrole nitrogens is 1. The summed E-state index contributed by atoms with van der Waals surface area (Å²) in [6, 6.07) is 0. The molecule has 1 unspecified atom stereocenters. The minimum atomic E-state index is -4.63. The van der Waals surface area contributed by atoms with Gasteiger partial charge < -0.3 is 4.98 Å². The molecule has 0 bridgehead atoms. The highest BCUT2D eigenvalue weighted by Crippen LogP contribution is 2.30. The normalized spacial score (nSPS) is 18.0. The van der Waals surface area contributed by atoms with Crippen LogP contribution in [0.2, 0.25) is 0 Å². The van der Waals surface area contributed by atoms with Gasteiger partial charge in [-0.25, -0.2) is 29.8 Å². The highest BCUT2D eigenvalue weighted by Gasteiger charge is 2.41. The second kappa shape index (κ2) is 4.99. The third-order valence-corrected chi connectivity index (χ3v) is 3.34. The number of rotatable bonds is 2. The maximum atomic E-state index is 13.5. The molecule has 1 aliphatic heterocycles. The van der Waals surface area contributed by atoms with Crippen LogP contribution in [0, 0.1) is 5.82 Å². The molecule has 8 nitrogen and oxygen atoms in total. The number of hydrazine groups is 1. The van der Waals surface area contributed by atoms with Crippen molar-refractivity contribution in [2.24, 2.45) is 4.99 Å². The van der Waals surface area contributed by atoms with Crippen molar-refractivity contribution in [1.82, 2.24) is 35.2 Å². The lowest BCUT2D eigenvalue weighted by Crippen LogP contribution is -2.39. The Morgan fingerprint density at radius 2 is 2.04 bits per heavy atom. The van der Waals surface area contributed by atoms with Gasteiger partial charge in [-0.05, 0) is 0 Å². The Balaban J connectivity index is 1.90. The summed E-state index contributed by atoms with van der Waals surface area (Å²) in [6.07, 6.45) is -0.826. The average molecular weight is 340 g/mol. The van der Waals surface area contributed by atoms with Gasteiger partial charge in [-0.3, -0.25) is 9.83 Å². The zero-order valence-corrected chi connectivity index (χ0v) is 11.6. The first-order valence-electron chi connectivity index (χ1n) is 6.62. The van der Waals surface area contributed by atoms with E-state index in [2.05, 4.69) is 30.4 Å². The summed E-state index contributed by atoms with van der Waals surface area (Å²) in [5.41, 5.74) is 5.26. The van der Waals surface area contributed by atoms with Gasteiger partial charge >= 0.3 is 6.18 Å². The van der Waals surface area contributed by atoms with Gasteiger partial charge in [-0.2, -0.15) is 13.2 Å². The Morgan fingerprint density at radius 1 is 1.21 bits per heavy atom. The van der Waals surface area contributed by atoms with Gasteiger partial charge in [0.25, 0.3) is 0 Å². The highest BCUT2D eigenvalue weighted by molar-refractivity contribution is 5.88. The van der Waals surface area contributed by atoms with Crippen LogP contribution in [-0.4, -0.2) is 36.3 Å². The molecule has 0 aromatic carbocycles. The minimum absolute atomic E-state index is 0.119. The number of hydrogen-bond donors (Lipinski definition) is 3. The Bertz CT molecular complexity index is 927. The van der Waals surface area contributed by atoms with Crippen LogP contribution < -0.4 is 10.9 Å². The van der Waals surface area contributed by atoms with Crippen LogP contribution in [-0.2, 0) is 0 Å². The Morgan fingerprint density at radius 3 is 2.71 bits per heavy atom. The first-order chi connectivity index (χ1) is 11.4. The first-order valence-corrected chi connectivity index (χ1v) is 6.62. The van der Waals surface area contributed by atoms with Gasteiger partial charge in [0.15, 0.2) is 12.0 Å². The summed E-state index contributed by atoms with van der Waals surface area (Å²) in [5.74, 6) is -1.67. The van der Waals surface area contributed by atoms with Crippen molar-refractivity contribution in [3.05, 3.63) is 36.4 Å². The van der Waals surface area contributed by atoms with Crippen LogP contribution in [0.15, 0.2) is 29.9 Å². The van der Waals surface area contributed by atoms with E-state index < -0.39 is 24.0 Å². The molecule has 3 N–H and O–H groups in total. The molecule has 0 spiro atoms. The summed E-state index contributed by atoms with van der Waals surface area (Å²) in [6.45, 7) is 0. The van der Waals surface area contributed by atoms with Crippen LogP contribution in [0.5, 0.6) is 0 Å². The van der Waals surface area contributed by atoms with Crippen molar-refractivity contribution in [1.29, 1.82) is 0 Å². The number of imidazole rings is 2. The molecule has 4 rings (SSSR count). The molecule has 0 saturated carbocycles. The quantitative estimate of drug-likeness (QED) is 0.612. The van der Waals surface area contributed by atoms with E-state index in [-0.39, 0.29) is 11.5 Å². The van der Waals surface area contributed by atoms with Gasteiger partial charge in [0, 0.05) is 0 Å². The SMILES string of the molecule is Fc1cnc2nc(C3N=C(C(F)(F)F)NN3)c(-c3cnc[nH]3)n2c1. The minimum Gasteiger partial charge on any atom is -0.343 e. The molecule has 0 fully saturated rings. The van der Waals surface area contributed by atoms with Gasteiger partial charge in [0.2, 0.25) is 11.6 Å². The number of nitrogens with zero attached hydrogens (tertiary/aromatic N) is 5. The van der Waals surface area contributed by atoms with Crippen molar-refractivity contribution in [2.75, 3.05) is 0 Å². The van der Waals surface area contributed by atoms with E-state index in [1.807, 2.05) is 5.43 Å². The van der Waals surface area contributed by atoms with Gasteiger partial charge in [-0.1, -0.05) is 0 Å². The van der Waals surface area contributed by atoms with Gasteiger partial charge in [0.1, 0.15) is 5.69 Å². The second-order valence-electron chi connectivity index (χ2n) is 4.90. The maximum Gasteiger partial charge on any atom is 0.450 e. The fourth-order valence-corrected chi connectivity index (χ4v) is 2.38. The number of alkyl halides is 3. The van der Waals surface area contributed by atoms with E-state index in [9.17, 15) is 17.6 Å². The number of aromatic nitrogens is 5. The molecule has 0 radical (unpaired) electrons. The molecular weight excluding hydrogens is 332 g/mol. The molecule has 12 heteroatoms. The van der Waals surface area contributed by atoms with Crippen LogP contribution in [0.1, 0.15) is 11.9 Å². The van der Waals surface area contributed by atoms with E-state index in [1.54, 1.807) is 0 Å². The van der Waals surface area contributed by atoms with Crippen molar-refractivity contribution >= 4 is 11.6 Å². The highest BCUT2D eigenvalue weighted by atomic mass is 19.4. The lowest BCUT2D eigenvalue weighted by molar-refractivity contribution is -0.0614. The number of hydrogen-bond acceptors (Lipinski definition) is 6. The fraction of sp³-hybridized carbons (Fsp3) is 0.167. The number of aliphatic imine (C=N–C) groups is 1. The predicted molar refractivity (Wildman–Crippen MR) is 73.0 cm³/mol. The first kappa shape index (κ1) is 14.6. The molecule has 124 valence electrons. The molecule has 0 amide bonds. The van der Waals surface area contributed by atoms with Crippen LogP contribution in [0.25, 0.3) is 17.2 Å². The van der Waals surface area contributed by atoms with Gasteiger partial charge in [-0.15, -0.1) is 0 Å². The van der Waals surface area contributed by atoms with Crippen molar-refractivity contribution < 1.29 is 17.6 Å². The molecular formula is C12H8F4N8. The van der Waals surface area contributed by atoms with Crippen LogP contribution >= 0.6 is 0 Å². The molecule has 3 aromatic rings. The van der Waals surface area contributed by atoms with E-state index in [1.165, 1.54) is 16.9 Å². The molecule has 0 aliphatic carbocycles. The zero-order chi connectivity index (χ0) is 16.9. The third kappa shape index (κ3) is 2.27. The third-order valence-electron chi connectivity index (χ3n) is 3.34. The predicted octanol–water partition coefficient (Wildman–Crippen LogP) is 1.33. The van der Waals surface area contributed by atoms with E-state index in [0.29, 0.717) is 11.4 Å². The van der Waals surface area contributed by atoms with Crippen molar-refractivity contribution in [3.63, 3.8) is 0 Å². The largest absolute Gasteiger partial charge is 0.450 e. The number of nitrogens with one attached hydrogen (secondary N) is 3. The molecule has 3 aromatic heterocycles. The summed E-state index contributed by atoms with van der Waals surface area (Å²) in [7, 11) is 0. The van der Waals surface area contributed by atoms with Gasteiger partial charge in [0.05, 0.1) is 36.3 Å². The second-order valence-corrected chi connectivity index (χ2v) is 4.90. The average Bonchev–Trinajstić information content (AvgIpc) is 3.24. The molecule has 1 atom stereocenters. The standard InChI is InChI=1S/C12H8F4N8/c13-5-1-18-11-20-7(9-21-10(23-22-9)12(14,15)16)8(24(11)3-5)6-2-17-4-19-6/h1-4,9,22H,(H,17,19)(H,21,23). The molecule has 4 heterocycles. The van der Waals surface area contributed by atoms with Crippen LogP contribution in [0.4, 0.5) is 17.6 Å². The summed E-state index contributed by atoms with van der Waals surface area (Å²) >= 11 is 0. The molecule has 1 aliphatic rings. The number of aromatic amines is 1. The van der Waals surface area contributed by atoms with Crippen molar-refractivity contribution in [2.45, 2.75) is 12.3 Å². The topological polar surface area (TPSA) is 95.3 Å². The Kier molecular flexibility index (Phi) is 3.03. The molecule has 0 saturated heterocycles. The number of amidine groups is 1. The Labute approximate surface area is 130 Å². The summed E-state index contributed by atoms with van der Waals surface area (Å²) < 4.78 is 53.1. The Hall–Kier alpha value is -3.02. The van der Waals surface area contributed by atoms with E-state index in [4.69, 9.17) is 0 Å². The van der Waals surface area contributed by atoms with E-state index in [0.717, 1.165) is 12.4 Å².